The monoisotopic (exact) mass is 987 g/mol. The number of carbonyl (C=O) groups excluding carboxylic acids is 4. The Morgan fingerprint density at radius 1 is 0.806 bits per heavy atom. The predicted octanol–water partition coefficient (Wildman–Crippen LogP) is 9.19. The van der Waals surface area contributed by atoms with Crippen molar-refractivity contribution in [2.45, 2.75) is 155 Å². The number of aromatic amines is 2. The Balaban J connectivity index is 0.000000657. The lowest BCUT2D eigenvalue weighted by Crippen LogP contribution is -2.47. The number of carbonyl (C=O) groups is 4. The van der Waals surface area contributed by atoms with Crippen LogP contribution < -0.4 is 11.1 Å². The van der Waals surface area contributed by atoms with Crippen LogP contribution in [0.1, 0.15) is 151 Å². The normalized spacial score (nSPS) is 23.5. The second kappa shape index (κ2) is 21.5. The maximum Gasteiger partial charge on any atom is 0.404 e. The summed E-state index contributed by atoms with van der Waals surface area (Å²) in [6.07, 6.45) is 21.0. The van der Waals surface area contributed by atoms with Crippen LogP contribution in [0.5, 0.6) is 0 Å². The summed E-state index contributed by atoms with van der Waals surface area (Å²) in [5.41, 5.74) is 18.5. The van der Waals surface area contributed by atoms with E-state index in [0.717, 1.165) is 107 Å². The van der Waals surface area contributed by atoms with Crippen LogP contribution in [0.15, 0.2) is 36.7 Å². The Bertz CT molecular complexity index is 2610. The van der Waals surface area contributed by atoms with Crippen LogP contribution in [0.2, 0.25) is 0 Å². The summed E-state index contributed by atoms with van der Waals surface area (Å²) < 4.78 is 13.7. The number of likely N-dealkylation sites (tertiary alicyclic amines) is 2. The zero-order chi connectivity index (χ0) is 50.9. The van der Waals surface area contributed by atoms with Crippen LogP contribution in [-0.2, 0) is 54.3 Å². The van der Waals surface area contributed by atoms with Gasteiger partial charge in [0.25, 0.3) is 6.47 Å². The number of primary amides is 1. The molecule has 3 aliphatic heterocycles. The van der Waals surface area contributed by atoms with Crippen LogP contribution in [-0.4, -0.2) is 107 Å². The van der Waals surface area contributed by atoms with Crippen LogP contribution >= 0.6 is 0 Å². The lowest BCUT2D eigenvalue weighted by Gasteiger charge is -2.34. The fraction of sp³-hybridized carbons (Fsp3) is 0.614. The summed E-state index contributed by atoms with van der Waals surface area (Å²) in [4.78, 5) is 67.8. The molecule has 72 heavy (non-hydrogen) atoms. The van der Waals surface area contributed by atoms with Crippen molar-refractivity contribution >= 4 is 24.4 Å². The number of ether oxygens (including phenoxy) is 3. The van der Waals surface area contributed by atoms with Gasteiger partial charge < -0.3 is 45.0 Å². The van der Waals surface area contributed by atoms with Crippen LogP contribution in [0, 0.1) is 28.6 Å². The number of methoxy groups -OCH3 is 2. The molecular weight excluding hydrogens is 909 g/mol. The summed E-state index contributed by atoms with van der Waals surface area (Å²) in [5.74, 6) is 3.38. The third kappa shape index (κ3) is 9.96. The molecule has 15 nitrogen and oxygen atoms in total. The zero-order valence-electron chi connectivity index (χ0n) is 43.7. The molecule has 3 saturated heterocycles. The molecule has 11 rings (SSSR count). The van der Waals surface area contributed by atoms with Gasteiger partial charge in [-0.2, -0.15) is 0 Å². The van der Waals surface area contributed by atoms with Gasteiger partial charge in [0.2, 0.25) is 11.8 Å². The molecule has 15 heteroatoms. The summed E-state index contributed by atoms with van der Waals surface area (Å²) in [5, 5.41) is 3.28. The van der Waals surface area contributed by atoms with Gasteiger partial charge in [-0.05, 0) is 152 Å². The Labute approximate surface area is 425 Å². The fourth-order valence-corrected chi connectivity index (χ4v) is 14.1. The number of benzene rings is 2. The first kappa shape index (κ1) is 51.4. The van der Waals surface area contributed by atoms with Gasteiger partial charge in [-0.1, -0.05) is 64.8 Å². The van der Waals surface area contributed by atoms with Gasteiger partial charge in [-0.3, -0.25) is 14.4 Å². The molecule has 0 radical (unpaired) electrons. The van der Waals surface area contributed by atoms with E-state index in [0.29, 0.717) is 36.2 Å². The molecule has 2 bridgehead atoms. The summed E-state index contributed by atoms with van der Waals surface area (Å²) in [7, 11) is 4.43. The smallest absolute Gasteiger partial charge is 0.404 e. The Morgan fingerprint density at radius 2 is 1.33 bits per heavy atom. The highest BCUT2D eigenvalue weighted by Gasteiger charge is 2.50. The zero-order valence-corrected chi connectivity index (χ0v) is 43.7. The van der Waals surface area contributed by atoms with E-state index in [1.165, 1.54) is 90.8 Å². The number of imidazole rings is 2. The molecule has 4 aliphatic carbocycles. The molecule has 2 saturated carbocycles. The Morgan fingerprint density at radius 3 is 1.86 bits per heavy atom. The van der Waals surface area contributed by atoms with Crippen molar-refractivity contribution in [1.82, 2.24) is 35.1 Å². The first-order valence-electron chi connectivity index (χ1n) is 26.8. The SMILES string of the molecule is CNC(C(=O)N1CCCC1c1ncc(-c2ccc(-c3ccc(-c4cnc([C@@H]5C6CCC(C6)N5C(=O)CC(C)C)[nH]4)c4c3CC3(CCOCC3)C4)c3c2CC2(CCCC2)C3)[nH]1)C(C)C.COC(N)=O.COC=O. The second-order valence-electron chi connectivity index (χ2n) is 22.8. The lowest BCUT2D eigenvalue weighted by molar-refractivity contribution is -0.137. The van der Waals surface area contributed by atoms with E-state index in [1.807, 2.05) is 13.2 Å². The average Bonchev–Trinajstić information content (AvgIpc) is 4.22. The minimum atomic E-state index is -0.745. The third-order valence-electron chi connectivity index (χ3n) is 17.5. The molecule has 388 valence electrons. The molecular formula is C57H78N8O7. The standard InChI is InChI=1S/C53H69N7O3.C2H5NO2.C2H4O2/c1-31(2)23-46(61)60-34-11-10-33(24-34)48(60)50-56-30-44(58-50)38-15-13-36(40-26-53(28-42(38)40)18-21-63-22-19-53)35-12-14-37(41-27-52(25-39(35)41)16-6-7-17-52)43-29-55-49(57-43)45-9-8-20-59(45)51(62)47(54-5)32(3)4;1-5-2(3)4;1-4-2-3/h12-15,29-34,45,47-48,54H,6-11,16-28H2,1-5H3,(H,55,57)(H,56,58);1H3,(H2,3,4);2H,1H3/t33?,34?,45?,47?,48-;;/m0../s1. The second-order valence-corrected chi connectivity index (χ2v) is 22.8. The summed E-state index contributed by atoms with van der Waals surface area (Å²) >= 11 is 0. The molecule has 4 unspecified atom stereocenters. The van der Waals surface area contributed by atoms with Gasteiger partial charge in [0, 0.05) is 43.3 Å². The number of aromatic nitrogens is 4. The van der Waals surface area contributed by atoms with Crippen molar-refractivity contribution in [2.24, 2.45) is 34.3 Å². The summed E-state index contributed by atoms with van der Waals surface area (Å²) in [6.45, 7) is 11.3. The van der Waals surface area contributed by atoms with Crippen molar-refractivity contribution in [3.05, 3.63) is 70.6 Å². The maximum absolute atomic E-state index is 13.8. The third-order valence-corrected chi connectivity index (χ3v) is 17.5. The van der Waals surface area contributed by atoms with E-state index >= 15 is 0 Å². The molecule has 7 aliphatic rings. The molecule has 2 aromatic heterocycles. The van der Waals surface area contributed by atoms with Crippen molar-refractivity contribution in [2.75, 3.05) is 41.0 Å². The quantitative estimate of drug-likeness (QED) is 0.105. The molecule has 4 aromatic rings. The number of fused-ring (bicyclic) bond motifs is 4. The maximum atomic E-state index is 13.8. The fourth-order valence-electron chi connectivity index (χ4n) is 14.1. The largest absolute Gasteiger partial charge is 0.471 e. The number of rotatable bonds is 11. The van der Waals surface area contributed by atoms with Crippen molar-refractivity contribution in [1.29, 1.82) is 0 Å². The molecule has 5 atom stereocenters. The van der Waals surface area contributed by atoms with Crippen LogP contribution in [0.4, 0.5) is 4.79 Å². The number of nitrogens with one attached hydrogen (secondary N) is 3. The van der Waals surface area contributed by atoms with Gasteiger partial charge in [-0.15, -0.1) is 0 Å². The van der Waals surface area contributed by atoms with Gasteiger partial charge >= 0.3 is 6.09 Å². The predicted molar refractivity (Wildman–Crippen MR) is 276 cm³/mol. The number of piperidine rings is 1. The van der Waals surface area contributed by atoms with E-state index in [4.69, 9.17) is 19.5 Å². The Kier molecular flexibility index (Phi) is 15.3. The number of hydrogen-bond acceptors (Lipinski definition) is 10. The van der Waals surface area contributed by atoms with Gasteiger partial charge in [0.15, 0.2) is 0 Å². The van der Waals surface area contributed by atoms with Gasteiger partial charge in [0.1, 0.15) is 11.6 Å². The number of likely N-dealkylation sites (N-methyl/N-ethyl adjacent to an activating group) is 1. The van der Waals surface area contributed by atoms with Crippen LogP contribution in [0.3, 0.4) is 0 Å². The molecule has 2 spiro atoms. The van der Waals surface area contributed by atoms with Crippen LogP contribution in [0.25, 0.3) is 33.6 Å². The van der Waals surface area contributed by atoms with Crippen molar-refractivity contribution < 1.29 is 33.4 Å². The first-order valence-corrected chi connectivity index (χ1v) is 26.8. The average molecular weight is 987 g/mol. The van der Waals surface area contributed by atoms with E-state index in [-0.39, 0.29) is 41.3 Å². The summed E-state index contributed by atoms with van der Waals surface area (Å²) in [6, 6.07) is 9.81. The highest BCUT2D eigenvalue weighted by atomic mass is 16.5. The topological polar surface area (TPSA) is 198 Å². The van der Waals surface area contributed by atoms with Gasteiger partial charge in [-0.25, -0.2) is 14.8 Å². The number of nitrogens with zero attached hydrogens (tertiary/aromatic N) is 4. The number of H-pyrrole nitrogens is 2. The highest BCUT2D eigenvalue weighted by Crippen LogP contribution is 2.56. The van der Waals surface area contributed by atoms with E-state index in [9.17, 15) is 14.4 Å². The number of hydrogen-bond donors (Lipinski definition) is 4. The molecule has 5 heterocycles. The molecule has 5 N–H and O–H groups in total. The van der Waals surface area contributed by atoms with Crippen molar-refractivity contribution in [3.63, 3.8) is 0 Å². The number of amides is 3. The highest BCUT2D eigenvalue weighted by molar-refractivity contribution is 5.84. The van der Waals surface area contributed by atoms with E-state index < -0.39 is 6.09 Å². The minimum Gasteiger partial charge on any atom is -0.471 e. The van der Waals surface area contributed by atoms with Gasteiger partial charge in [0.05, 0.1) is 56.1 Å². The van der Waals surface area contributed by atoms with E-state index in [2.05, 4.69) is 98.4 Å². The lowest BCUT2D eigenvalue weighted by atomic mass is 9.77. The minimum absolute atomic E-state index is 0.0292. The molecule has 5 fully saturated rings. The Hall–Kier alpha value is -5.54. The molecule has 2 aromatic carbocycles. The van der Waals surface area contributed by atoms with E-state index in [1.54, 1.807) is 0 Å². The first-order chi connectivity index (χ1) is 34.7. The van der Waals surface area contributed by atoms with Crippen molar-refractivity contribution in [3.8, 4) is 33.6 Å². The molecule has 3 amide bonds. The number of nitrogens with two attached hydrogens (primary N) is 1.